The van der Waals surface area contributed by atoms with Crippen LogP contribution in [0.3, 0.4) is 0 Å². The van der Waals surface area contributed by atoms with E-state index in [9.17, 15) is 9.59 Å². The van der Waals surface area contributed by atoms with Crippen molar-refractivity contribution in [1.82, 2.24) is 20.1 Å². The predicted octanol–water partition coefficient (Wildman–Crippen LogP) is 0.516. The van der Waals surface area contributed by atoms with Crippen LogP contribution in [0, 0.1) is 12.8 Å². The topological polar surface area (TPSA) is 105 Å². The lowest BCUT2D eigenvalue weighted by Gasteiger charge is -2.14. The van der Waals surface area contributed by atoms with Crippen LogP contribution in [-0.4, -0.2) is 45.0 Å². The monoisotopic (exact) mass is 305 g/mol. The van der Waals surface area contributed by atoms with Gasteiger partial charge in [-0.2, -0.15) is 5.10 Å². The SMILES string of the molecule is Cc1nc(C2CN(C(=O)c3cccs3)CC2C(N)=O)n[nH]1. The van der Waals surface area contributed by atoms with E-state index in [4.69, 9.17) is 5.73 Å². The van der Waals surface area contributed by atoms with Gasteiger partial charge in [0.1, 0.15) is 5.82 Å². The zero-order valence-electron chi connectivity index (χ0n) is 11.4. The molecule has 1 aliphatic heterocycles. The number of likely N-dealkylation sites (tertiary alicyclic amines) is 1. The second kappa shape index (κ2) is 5.28. The van der Waals surface area contributed by atoms with Gasteiger partial charge in [-0.25, -0.2) is 4.98 Å². The highest BCUT2D eigenvalue weighted by Gasteiger charge is 2.41. The van der Waals surface area contributed by atoms with Crippen molar-refractivity contribution in [3.8, 4) is 0 Å². The Hall–Kier alpha value is -2.22. The Bertz CT molecular complexity index is 666. The van der Waals surface area contributed by atoms with Crippen LogP contribution in [-0.2, 0) is 4.79 Å². The quantitative estimate of drug-likeness (QED) is 0.862. The van der Waals surface area contributed by atoms with E-state index in [2.05, 4.69) is 15.2 Å². The number of nitrogens with zero attached hydrogens (tertiary/aromatic N) is 3. The lowest BCUT2D eigenvalue weighted by atomic mass is 9.95. The number of carbonyl (C=O) groups excluding carboxylic acids is 2. The Morgan fingerprint density at radius 1 is 1.48 bits per heavy atom. The van der Waals surface area contributed by atoms with E-state index >= 15 is 0 Å². The molecular formula is C13H15N5O2S. The lowest BCUT2D eigenvalue weighted by molar-refractivity contribution is -0.121. The standard InChI is InChI=1S/C13H15N5O2S/c1-7-15-12(17-16-7)9-6-18(5-8(9)11(14)19)13(20)10-3-2-4-21-10/h2-4,8-9H,5-6H2,1H3,(H2,14,19)(H,15,16,17). The molecule has 2 aromatic rings. The number of aryl methyl sites for hydroxylation is 1. The first-order valence-electron chi connectivity index (χ1n) is 6.57. The predicted molar refractivity (Wildman–Crippen MR) is 76.8 cm³/mol. The van der Waals surface area contributed by atoms with E-state index < -0.39 is 11.8 Å². The molecule has 3 heterocycles. The number of aromatic nitrogens is 3. The molecule has 3 N–H and O–H groups in total. The van der Waals surface area contributed by atoms with E-state index in [0.29, 0.717) is 29.6 Å². The van der Waals surface area contributed by atoms with E-state index in [-0.39, 0.29) is 11.8 Å². The van der Waals surface area contributed by atoms with E-state index in [1.807, 2.05) is 11.4 Å². The second-order valence-corrected chi connectivity index (χ2v) is 6.03. The average molecular weight is 305 g/mol. The second-order valence-electron chi connectivity index (χ2n) is 5.08. The van der Waals surface area contributed by atoms with Crippen molar-refractivity contribution < 1.29 is 9.59 Å². The van der Waals surface area contributed by atoms with Crippen LogP contribution in [0.5, 0.6) is 0 Å². The van der Waals surface area contributed by atoms with Crippen molar-refractivity contribution in [2.24, 2.45) is 11.7 Å². The first-order chi connectivity index (χ1) is 10.1. The molecule has 2 atom stereocenters. The number of primary amides is 1. The molecule has 2 amide bonds. The van der Waals surface area contributed by atoms with Crippen molar-refractivity contribution in [3.63, 3.8) is 0 Å². The van der Waals surface area contributed by atoms with Crippen molar-refractivity contribution in [3.05, 3.63) is 34.0 Å². The molecule has 2 aromatic heterocycles. The molecule has 110 valence electrons. The molecule has 0 bridgehead atoms. The van der Waals surface area contributed by atoms with Crippen molar-refractivity contribution in [2.75, 3.05) is 13.1 Å². The Balaban J connectivity index is 1.84. The average Bonchev–Trinajstić information content (AvgIpc) is 3.17. The number of thiophene rings is 1. The van der Waals surface area contributed by atoms with E-state index in [1.165, 1.54) is 11.3 Å². The minimum Gasteiger partial charge on any atom is -0.369 e. The molecule has 0 radical (unpaired) electrons. The fourth-order valence-electron chi connectivity index (χ4n) is 2.60. The summed E-state index contributed by atoms with van der Waals surface area (Å²) < 4.78 is 0. The fourth-order valence-corrected chi connectivity index (χ4v) is 3.29. The third-order valence-electron chi connectivity index (χ3n) is 3.65. The molecule has 0 saturated carbocycles. The minimum atomic E-state index is -0.455. The number of aromatic amines is 1. The number of amides is 2. The molecule has 7 nitrogen and oxygen atoms in total. The zero-order valence-corrected chi connectivity index (χ0v) is 12.3. The molecule has 1 aliphatic rings. The van der Waals surface area contributed by atoms with Crippen molar-refractivity contribution >= 4 is 23.2 Å². The normalized spacial score (nSPS) is 21.7. The number of hydrogen-bond donors (Lipinski definition) is 2. The molecule has 0 aromatic carbocycles. The highest BCUT2D eigenvalue weighted by molar-refractivity contribution is 7.12. The Kier molecular flexibility index (Phi) is 3.46. The Morgan fingerprint density at radius 2 is 2.29 bits per heavy atom. The number of rotatable bonds is 3. The Labute approximate surface area is 125 Å². The maximum atomic E-state index is 12.4. The zero-order chi connectivity index (χ0) is 15.0. The minimum absolute atomic E-state index is 0.0778. The van der Waals surface area contributed by atoms with E-state index in [1.54, 1.807) is 17.9 Å². The van der Waals surface area contributed by atoms with Crippen LogP contribution in [0.2, 0.25) is 0 Å². The molecule has 3 rings (SSSR count). The molecule has 8 heteroatoms. The summed E-state index contributed by atoms with van der Waals surface area (Å²) in [7, 11) is 0. The molecular weight excluding hydrogens is 290 g/mol. The molecule has 1 saturated heterocycles. The van der Waals surface area contributed by atoms with Crippen LogP contribution in [0.25, 0.3) is 0 Å². The lowest BCUT2D eigenvalue weighted by Crippen LogP contribution is -2.31. The Morgan fingerprint density at radius 3 is 2.86 bits per heavy atom. The van der Waals surface area contributed by atoms with Gasteiger partial charge in [0, 0.05) is 13.1 Å². The van der Waals surface area contributed by atoms with Crippen LogP contribution in [0.15, 0.2) is 17.5 Å². The largest absolute Gasteiger partial charge is 0.369 e. The van der Waals surface area contributed by atoms with Gasteiger partial charge in [0.05, 0.1) is 16.7 Å². The molecule has 1 fully saturated rings. The summed E-state index contributed by atoms with van der Waals surface area (Å²) in [5.74, 6) is 0.00412. The third-order valence-corrected chi connectivity index (χ3v) is 4.51. The fraction of sp³-hybridized carbons (Fsp3) is 0.385. The van der Waals surface area contributed by atoms with Gasteiger partial charge in [-0.3, -0.25) is 14.7 Å². The van der Waals surface area contributed by atoms with Crippen LogP contribution in [0.1, 0.15) is 27.2 Å². The maximum absolute atomic E-state index is 12.4. The number of nitrogens with one attached hydrogen (secondary N) is 1. The third kappa shape index (κ3) is 2.54. The van der Waals surface area contributed by atoms with Gasteiger partial charge in [-0.15, -0.1) is 11.3 Å². The number of hydrogen-bond acceptors (Lipinski definition) is 5. The molecule has 0 aliphatic carbocycles. The van der Waals surface area contributed by atoms with Gasteiger partial charge < -0.3 is 10.6 Å². The number of nitrogens with two attached hydrogens (primary N) is 1. The highest BCUT2D eigenvalue weighted by Crippen LogP contribution is 2.32. The smallest absolute Gasteiger partial charge is 0.263 e. The van der Waals surface area contributed by atoms with Gasteiger partial charge >= 0.3 is 0 Å². The van der Waals surface area contributed by atoms with Gasteiger partial charge in [0.2, 0.25) is 5.91 Å². The first kappa shape index (κ1) is 13.7. The van der Waals surface area contributed by atoms with Gasteiger partial charge in [0.15, 0.2) is 5.82 Å². The summed E-state index contributed by atoms with van der Waals surface area (Å²) >= 11 is 1.38. The first-order valence-corrected chi connectivity index (χ1v) is 7.45. The van der Waals surface area contributed by atoms with Gasteiger partial charge in [-0.05, 0) is 18.4 Å². The van der Waals surface area contributed by atoms with Crippen molar-refractivity contribution in [1.29, 1.82) is 0 Å². The van der Waals surface area contributed by atoms with Crippen LogP contribution >= 0.6 is 11.3 Å². The van der Waals surface area contributed by atoms with Crippen molar-refractivity contribution in [2.45, 2.75) is 12.8 Å². The summed E-state index contributed by atoms with van der Waals surface area (Å²) in [4.78, 5) is 30.6. The summed E-state index contributed by atoms with van der Waals surface area (Å²) in [6.07, 6.45) is 0. The van der Waals surface area contributed by atoms with Gasteiger partial charge in [-0.1, -0.05) is 6.07 Å². The van der Waals surface area contributed by atoms with Gasteiger partial charge in [0.25, 0.3) is 5.91 Å². The van der Waals surface area contributed by atoms with Crippen LogP contribution in [0.4, 0.5) is 0 Å². The highest BCUT2D eigenvalue weighted by atomic mass is 32.1. The maximum Gasteiger partial charge on any atom is 0.263 e. The molecule has 21 heavy (non-hydrogen) atoms. The number of carbonyl (C=O) groups is 2. The molecule has 2 unspecified atom stereocenters. The summed E-state index contributed by atoms with van der Waals surface area (Å²) in [6, 6.07) is 3.60. The van der Waals surface area contributed by atoms with Crippen LogP contribution < -0.4 is 5.73 Å². The molecule has 0 spiro atoms. The summed E-state index contributed by atoms with van der Waals surface area (Å²) in [5.41, 5.74) is 5.47. The number of H-pyrrole nitrogens is 1. The summed E-state index contributed by atoms with van der Waals surface area (Å²) in [5, 5.41) is 8.72. The van der Waals surface area contributed by atoms with E-state index in [0.717, 1.165) is 0 Å². The summed E-state index contributed by atoms with van der Waals surface area (Å²) in [6.45, 7) is 2.51.